The first-order valence-electron chi connectivity index (χ1n) is 27.7. The molecule has 8 aromatic rings. The molecule has 0 radical (unpaired) electrons. The van der Waals surface area contributed by atoms with E-state index in [9.17, 15) is 77.0 Å². The van der Waals surface area contributed by atoms with E-state index < -0.39 is 174 Å². The van der Waals surface area contributed by atoms with Gasteiger partial charge in [0.2, 0.25) is 11.5 Å². The van der Waals surface area contributed by atoms with Gasteiger partial charge in [0.15, 0.2) is 65.0 Å². The molecule has 0 aromatic carbocycles. The third-order valence-electron chi connectivity index (χ3n) is 15.2. The second-order valence-corrected chi connectivity index (χ2v) is 29.0. The minimum atomic E-state index is -6.20. The monoisotopic (exact) mass is 1460 g/mol. The molecule has 0 bridgehead atoms. The lowest BCUT2D eigenvalue weighted by Crippen LogP contribution is -2.39. The third kappa shape index (κ3) is 14.0. The fraction of sp³-hybridized carbons (Fsp3) is 0.535. The van der Waals surface area contributed by atoms with Gasteiger partial charge in [-0.2, -0.15) is 13.6 Å². The van der Waals surface area contributed by atoms with Crippen LogP contribution in [-0.2, 0) is 89.3 Å². The number of aromatic nitrogens is 16. The summed E-state index contributed by atoms with van der Waals surface area (Å²) in [6.45, 7) is -2.93. The maximum Gasteiger partial charge on any atom is 0.490 e. The topological polar surface area (TPSA) is 671 Å². The zero-order valence-corrected chi connectivity index (χ0v) is 53.6. The number of fused-ring (bicyclic) bond motifs is 4. The fourth-order valence-corrected chi connectivity index (χ4v) is 16.5. The average Bonchev–Trinajstić information content (AvgIpc) is 1.62. The first-order valence-corrected chi connectivity index (χ1v) is 35.2. The van der Waals surface area contributed by atoms with Crippen molar-refractivity contribution >= 4 is 101 Å². The molecule has 522 valence electrons. The number of ether oxygens (including phenoxy) is 5. The summed E-state index contributed by atoms with van der Waals surface area (Å²) in [6, 6.07) is 0. The molecule has 53 heteroatoms. The summed E-state index contributed by atoms with van der Waals surface area (Å²) in [4.78, 5) is 132. The van der Waals surface area contributed by atoms with Crippen molar-refractivity contribution in [2.45, 2.75) is 106 Å². The van der Waals surface area contributed by atoms with Gasteiger partial charge in [0, 0.05) is 13.5 Å². The van der Waals surface area contributed by atoms with Crippen molar-refractivity contribution in [3.63, 3.8) is 0 Å². The molecule has 0 spiro atoms. The highest BCUT2D eigenvalue weighted by atomic mass is 31.3. The van der Waals surface area contributed by atoms with Gasteiger partial charge >= 0.3 is 44.8 Å². The number of aliphatic hydroxyl groups is 3. The van der Waals surface area contributed by atoms with Crippen LogP contribution in [0.15, 0.2) is 46.0 Å². The normalized spacial score (nSPS) is 29.5. The maximum atomic E-state index is 14.3. The number of phosphoric acid groups is 5. The van der Waals surface area contributed by atoms with Crippen molar-refractivity contribution < 1.29 is 127 Å². The lowest BCUT2D eigenvalue weighted by molar-refractivity contribution is -0.739. The number of nitrogens with zero attached hydrogens (tertiary/aromatic N) is 13. The summed E-state index contributed by atoms with van der Waals surface area (Å²) in [5, 5.41) is 33.8. The van der Waals surface area contributed by atoms with E-state index in [4.69, 9.17) is 68.0 Å². The number of aryl methyl sites for hydroxylation is 2. The number of nitrogen functional groups attached to an aromatic ring is 3. The minimum Gasteiger partial charge on any atom is -0.387 e. The quantitative estimate of drug-likeness (QED) is 0.0195. The standard InChI is InChI=1S/C43H56N19O29P5/c1-15-52-33-22(36(66)53-15)50-12-60(33)39-26(64)25(63)17(85-39)7-81-92(69,70)88-28-18(86-40(27(28)65)59-11-49-21-31(44)47-10-48-32(21)59)8-82-93(71,72)89-29-19(87-41(30(29)79-3)61-13-51-23-34(61)54-42(45)56-37(23)67)9-83-95(75,76)91-96(77,78)90-94(73,74)80-6-16-4-5-20(84-16)62-14-58(2)24-35(62)55-43(46)57-38(24)68/h10-14,16-20,25-30,39-41,63-65H,4-9H2,1-3H3,(H13-,44,45,46,47,48,52,53,54,55,56,57,66,67,68,69,70,71,72,73,74,75,76,77,78)/p+1/t16?,17-,18-,19-,20-,25?,26+,27+,28?,29?,30+,39-,40-,41-/m1/s1. The van der Waals surface area contributed by atoms with Gasteiger partial charge in [-0.3, -0.25) is 69.8 Å². The molecule has 12 heterocycles. The number of nitrogens with one attached hydrogen (secondary N) is 3. The van der Waals surface area contributed by atoms with Crippen LogP contribution in [0.2, 0.25) is 0 Å². The van der Waals surface area contributed by atoms with Crippen molar-refractivity contribution in [1.29, 1.82) is 0 Å². The van der Waals surface area contributed by atoms with E-state index >= 15 is 0 Å². The molecule has 4 saturated heterocycles. The van der Waals surface area contributed by atoms with Crippen LogP contribution in [0.5, 0.6) is 0 Å². The highest BCUT2D eigenvalue weighted by molar-refractivity contribution is 7.66. The first kappa shape index (κ1) is 69.2. The van der Waals surface area contributed by atoms with Crippen LogP contribution in [0.4, 0.5) is 17.7 Å². The molecule has 96 heavy (non-hydrogen) atoms. The summed E-state index contributed by atoms with van der Waals surface area (Å²) in [7, 11) is -26.7. The Morgan fingerprint density at radius 2 is 1.09 bits per heavy atom. The smallest absolute Gasteiger partial charge is 0.387 e. The van der Waals surface area contributed by atoms with E-state index in [2.05, 4.69) is 63.4 Å². The maximum absolute atomic E-state index is 14.3. The molecule has 0 saturated carbocycles. The number of aliphatic hydroxyl groups excluding tert-OH is 3. The molecule has 4 fully saturated rings. The number of methoxy groups -OCH3 is 1. The molecule has 4 aliphatic heterocycles. The molecule has 4 aliphatic rings. The molecule has 12 rings (SSSR count). The molecule has 9 unspecified atom stereocenters. The van der Waals surface area contributed by atoms with E-state index in [1.165, 1.54) is 22.4 Å². The number of hydrogen-bond acceptors (Lipinski definition) is 35. The molecule has 19 atom stereocenters. The van der Waals surface area contributed by atoms with Crippen LogP contribution in [0.1, 0.15) is 43.6 Å². The van der Waals surface area contributed by atoms with E-state index in [1.54, 1.807) is 7.05 Å². The number of anilines is 3. The number of phosphoric ester groups is 4. The Morgan fingerprint density at radius 1 is 0.573 bits per heavy atom. The number of aromatic amines is 3. The predicted octanol–water partition coefficient (Wildman–Crippen LogP) is -3.45. The van der Waals surface area contributed by atoms with Crippen LogP contribution in [-0.4, -0.2) is 207 Å². The van der Waals surface area contributed by atoms with Gasteiger partial charge in [0.25, 0.3) is 22.6 Å². The van der Waals surface area contributed by atoms with Gasteiger partial charge in [-0.05, 0) is 13.3 Å². The minimum absolute atomic E-state index is 0.0144. The predicted molar refractivity (Wildman–Crippen MR) is 310 cm³/mol. The summed E-state index contributed by atoms with van der Waals surface area (Å²) in [5.41, 5.74) is 14.8. The van der Waals surface area contributed by atoms with Crippen LogP contribution >= 0.6 is 39.1 Å². The Labute approximate surface area is 531 Å². The molecule has 0 amide bonds. The zero-order valence-electron chi connectivity index (χ0n) is 49.1. The van der Waals surface area contributed by atoms with Crippen molar-refractivity contribution in [3.8, 4) is 0 Å². The van der Waals surface area contributed by atoms with Gasteiger partial charge in [0.05, 0.1) is 58.6 Å². The van der Waals surface area contributed by atoms with Gasteiger partial charge < -0.3 is 85.7 Å². The van der Waals surface area contributed by atoms with E-state index in [0.29, 0.717) is 0 Å². The van der Waals surface area contributed by atoms with Gasteiger partial charge in [-0.1, -0.05) is 4.98 Å². The third-order valence-corrected chi connectivity index (χ3v) is 21.4. The summed E-state index contributed by atoms with van der Waals surface area (Å²) >= 11 is 0. The second kappa shape index (κ2) is 26.2. The zero-order chi connectivity index (χ0) is 68.9. The fourth-order valence-electron chi connectivity index (χ4n) is 11.0. The molecule has 48 nitrogen and oxygen atoms in total. The Hall–Kier alpha value is -6.69. The highest BCUT2D eigenvalue weighted by Gasteiger charge is 2.55. The largest absolute Gasteiger partial charge is 0.490 e. The van der Waals surface area contributed by atoms with E-state index in [0.717, 1.165) is 46.1 Å². The van der Waals surface area contributed by atoms with Crippen LogP contribution < -0.4 is 38.4 Å². The van der Waals surface area contributed by atoms with E-state index in [1.807, 2.05) is 0 Å². The first-order chi connectivity index (χ1) is 45.2. The molecular weight excluding hydrogens is 1400 g/mol. The van der Waals surface area contributed by atoms with Gasteiger partial charge in [0.1, 0.15) is 72.6 Å². The number of rotatable bonds is 25. The SMILES string of the molecule is CO[C@H]1C(OP(=O)(O)OC[C@H]2O[C@@H](n3cnc4c(N)ncnc43)[C@@H](O)C2OP(=O)(O)OC[C@H]2O[C@@H](n3cnc4c(=O)[nH]c(C)nc43)[C@@H](O)C2O)[C@@H](COP(=O)(O)OP(=O)(O)OP(=O)(O)OCC2CC[C@H]([n+]3cn(C)c4c(=O)[nH]c(N)nc43)O2)O[C@H]1n1cnc2c(=O)[nH]c(N)nc21. The average molecular weight is 1460 g/mol. The molecule has 0 aliphatic carbocycles. The van der Waals surface area contributed by atoms with Crippen molar-refractivity contribution in [3.05, 3.63) is 68.5 Å². The summed E-state index contributed by atoms with van der Waals surface area (Å²) in [6.07, 6.45) is -17.8. The number of imidazole rings is 4. The van der Waals surface area contributed by atoms with Gasteiger partial charge in [-0.25, -0.2) is 57.3 Å². The highest BCUT2D eigenvalue weighted by Crippen LogP contribution is 2.68. The number of H-pyrrole nitrogens is 3. The Bertz CT molecular complexity index is 4740. The Balaban J connectivity index is 0.736. The summed E-state index contributed by atoms with van der Waals surface area (Å²) < 4.78 is 143. The number of hydrogen-bond donors (Lipinski definition) is 14. The van der Waals surface area contributed by atoms with Crippen LogP contribution in [0.3, 0.4) is 0 Å². The molecule has 8 aromatic heterocycles. The van der Waals surface area contributed by atoms with Crippen molar-refractivity contribution in [2.24, 2.45) is 7.05 Å². The van der Waals surface area contributed by atoms with E-state index in [-0.39, 0.29) is 75.1 Å². The van der Waals surface area contributed by atoms with Crippen molar-refractivity contribution in [1.82, 2.24) is 73.1 Å². The summed E-state index contributed by atoms with van der Waals surface area (Å²) in [5.74, 6) is -0.607. The van der Waals surface area contributed by atoms with Gasteiger partial charge in [-0.15, -0.1) is 0 Å². The lowest BCUT2D eigenvalue weighted by Gasteiger charge is -2.27. The lowest BCUT2D eigenvalue weighted by atomic mass is 10.1. The Kier molecular flexibility index (Phi) is 18.9. The second-order valence-electron chi connectivity index (χ2n) is 21.6. The van der Waals surface area contributed by atoms with Crippen molar-refractivity contribution in [2.75, 3.05) is 50.7 Å². The number of nitrogens with two attached hydrogens (primary N) is 3. The Morgan fingerprint density at radius 3 is 1.76 bits per heavy atom. The molecular formula is C43H57N19O29P5+. The van der Waals surface area contributed by atoms with Crippen LogP contribution in [0, 0.1) is 6.92 Å². The van der Waals surface area contributed by atoms with Crippen LogP contribution in [0.25, 0.3) is 44.7 Å². The molecule has 17 N–H and O–H groups in total.